The second-order valence-corrected chi connectivity index (χ2v) is 7.44. The fourth-order valence-electron chi connectivity index (χ4n) is 3.53. The molecule has 0 unspecified atom stereocenters. The number of hydrogen-bond donors (Lipinski definition) is 0. The van der Waals surface area contributed by atoms with Crippen LogP contribution in [-0.2, 0) is 6.67 Å². The number of likely N-dealkylation sites (tertiary alicyclic amines) is 1. The molecule has 0 aliphatic carbocycles. The SMILES string of the molecule is Cc1ccc(-n2c(-c3ccccc3F)nn(CN3CCCCC3)c2=S)cc1. The molecule has 1 aromatic heterocycles. The Morgan fingerprint density at radius 1 is 1.00 bits per heavy atom. The Labute approximate surface area is 163 Å². The number of nitrogens with zero attached hydrogens (tertiary/aromatic N) is 4. The van der Waals surface area contributed by atoms with Gasteiger partial charge >= 0.3 is 0 Å². The molecule has 1 aliphatic heterocycles. The van der Waals surface area contributed by atoms with E-state index in [1.807, 2.05) is 46.5 Å². The first-order valence-corrected chi connectivity index (χ1v) is 9.78. The first-order chi connectivity index (χ1) is 13.1. The van der Waals surface area contributed by atoms with Gasteiger partial charge in [0.25, 0.3) is 0 Å². The van der Waals surface area contributed by atoms with E-state index >= 15 is 0 Å². The van der Waals surface area contributed by atoms with Crippen molar-refractivity contribution >= 4 is 12.2 Å². The molecule has 1 aliphatic rings. The van der Waals surface area contributed by atoms with E-state index in [0.717, 1.165) is 18.8 Å². The smallest absolute Gasteiger partial charge is 0.204 e. The van der Waals surface area contributed by atoms with Gasteiger partial charge in [-0.05, 0) is 69.3 Å². The van der Waals surface area contributed by atoms with Crippen LogP contribution >= 0.6 is 12.2 Å². The maximum absolute atomic E-state index is 14.5. The predicted molar refractivity (Wildman–Crippen MR) is 108 cm³/mol. The van der Waals surface area contributed by atoms with Crippen LogP contribution in [0.5, 0.6) is 0 Å². The monoisotopic (exact) mass is 382 g/mol. The molecular weight excluding hydrogens is 359 g/mol. The third-order valence-corrected chi connectivity index (χ3v) is 5.42. The van der Waals surface area contributed by atoms with Crippen molar-refractivity contribution in [3.8, 4) is 17.1 Å². The molecule has 1 saturated heterocycles. The maximum Gasteiger partial charge on any atom is 0.204 e. The van der Waals surface area contributed by atoms with Gasteiger partial charge in [0.15, 0.2) is 5.82 Å². The molecule has 0 bridgehead atoms. The zero-order valence-electron chi connectivity index (χ0n) is 15.4. The van der Waals surface area contributed by atoms with Crippen LogP contribution in [0, 0.1) is 17.5 Å². The van der Waals surface area contributed by atoms with E-state index in [2.05, 4.69) is 4.90 Å². The van der Waals surface area contributed by atoms with Gasteiger partial charge in [0.05, 0.1) is 12.2 Å². The van der Waals surface area contributed by atoms with Gasteiger partial charge in [0.2, 0.25) is 4.77 Å². The number of halogens is 1. The average Bonchev–Trinajstić information content (AvgIpc) is 3.00. The van der Waals surface area contributed by atoms with Crippen LogP contribution in [0.4, 0.5) is 4.39 Å². The van der Waals surface area contributed by atoms with E-state index in [-0.39, 0.29) is 5.82 Å². The second kappa shape index (κ2) is 7.74. The fraction of sp³-hybridized carbons (Fsp3) is 0.333. The Bertz CT molecular complexity index is 984. The highest BCUT2D eigenvalue weighted by atomic mass is 32.1. The molecule has 1 fully saturated rings. The summed E-state index contributed by atoms with van der Waals surface area (Å²) >= 11 is 5.75. The highest BCUT2D eigenvalue weighted by Crippen LogP contribution is 2.25. The molecule has 0 N–H and O–H groups in total. The van der Waals surface area contributed by atoms with Crippen molar-refractivity contribution in [3.05, 3.63) is 64.7 Å². The van der Waals surface area contributed by atoms with Crippen LogP contribution in [0.3, 0.4) is 0 Å². The summed E-state index contributed by atoms with van der Waals surface area (Å²) < 4.78 is 18.8. The van der Waals surface area contributed by atoms with E-state index in [0.29, 0.717) is 22.8 Å². The van der Waals surface area contributed by atoms with Crippen LogP contribution in [0.2, 0.25) is 0 Å². The van der Waals surface area contributed by atoms with Crippen molar-refractivity contribution in [2.75, 3.05) is 13.1 Å². The number of aromatic nitrogens is 3. The van der Waals surface area contributed by atoms with Gasteiger partial charge in [-0.3, -0.25) is 9.47 Å². The molecule has 0 spiro atoms. The molecule has 140 valence electrons. The molecule has 0 amide bonds. The van der Waals surface area contributed by atoms with Gasteiger partial charge < -0.3 is 0 Å². The Morgan fingerprint density at radius 2 is 1.70 bits per heavy atom. The number of aryl methyl sites for hydroxylation is 1. The molecule has 4 rings (SSSR count). The van der Waals surface area contributed by atoms with E-state index in [4.69, 9.17) is 17.3 Å². The molecule has 2 heterocycles. The Kier molecular flexibility index (Phi) is 5.18. The molecular formula is C21H23FN4S. The maximum atomic E-state index is 14.5. The predicted octanol–water partition coefficient (Wildman–Crippen LogP) is 4.96. The summed E-state index contributed by atoms with van der Waals surface area (Å²) in [7, 11) is 0. The summed E-state index contributed by atoms with van der Waals surface area (Å²) in [5.41, 5.74) is 2.52. The lowest BCUT2D eigenvalue weighted by atomic mass is 10.1. The lowest BCUT2D eigenvalue weighted by molar-refractivity contribution is 0.172. The zero-order chi connectivity index (χ0) is 18.8. The topological polar surface area (TPSA) is 26.0 Å². The van der Waals surface area contributed by atoms with E-state index in [1.165, 1.54) is 30.9 Å². The van der Waals surface area contributed by atoms with Crippen molar-refractivity contribution in [1.82, 2.24) is 19.2 Å². The van der Waals surface area contributed by atoms with Crippen molar-refractivity contribution in [1.29, 1.82) is 0 Å². The first kappa shape index (κ1) is 18.1. The van der Waals surface area contributed by atoms with E-state index in [9.17, 15) is 4.39 Å². The summed E-state index contributed by atoms with van der Waals surface area (Å²) in [6.45, 7) is 4.78. The van der Waals surface area contributed by atoms with E-state index < -0.39 is 0 Å². The van der Waals surface area contributed by atoms with Crippen LogP contribution in [0.1, 0.15) is 24.8 Å². The van der Waals surface area contributed by atoms with Gasteiger partial charge in [0.1, 0.15) is 5.82 Å². The first-order valence-electron chi connectivity index (χ1n) is 9.37. The lowest BCUT2D eigenvalue weighted by Gasteiger charge is -2.25. The minimum absolute atomic E-state index is 0.295. The van der Waals surface area contributed by atoms with Gasteiger partial charge in [-0.25, -0.2) is 9.07 Å². The number of hydrogen-bond acceptors (Lipinski definition) is 3. The third-order valence-electron chi connectivity index (χ3n) is 5.03. The summed E-state index contributed by atoms with van der Waals surface area (Å²) in [4.78, 5) is 2.36. The van der Waals surface area contributed by atoms with Crippen LogP contribution in [0.15, 0.2) is 48.5 Å². The highest BCUT2D eigenvalue weighted by molar-refractivity contribution is 7.71. The van der Waals surface area contributed by atoms with Crippen LogP contribution in [0.25, 0.3) is 17.1 Å². The van der Waals surface area contributed by atoms with Gasteiger partial charge in [-0.1, -0.05) is 36.2 Å². The molecule has 0 atom stereocenters. The second-order valence-electron chi connectivity index (χ2n) is 7.08. The molecule has 0 radical (unpaired) electrons. The number of benzene rings is 2. The molecule has 2 aromatic carbocycles. The summed E-state index contributed by atoms with van der Waals surface area (Å²) in [6, 6.07) is 14.8. The van der Waals surface area contributed by atoms with Crippen LogP contribution in [-0.4, -0.2) is 32.3 Å². The minimum atomic E-state index is -0.295. The third kappa shape index (κ3) is 3.73. The summed E-state index contributed by atoms with van der Waals surface area (Å²) in [5, 5.41) is 4.73. The van der Waals surface area contributed by atoms with Gasteiger partial charge in [0, 0.05) is 5.69 Å². The molecule has 3 aromatic rings. The van der Waals surface area contributed by atoms with Crippen molar-refractivity contribution in [2.24, 2.45) is 0 Å². The Balaban J connectivity index is 1.83. The van der Waals surface area contributed by atoms with Gasteiger partial charge in [-0.15, -0.1) is 5.10 Å². The Hall–Kier alpha value is -2.31. The summed E-state index contributed by atoms with van der Waals surface area (Å²) in [5.74, 6) is 0.245. The number of piperidine rings is 1. The lowest BCUT2D eigenvalue weighted by Crippen LogP contribution is -2.32. The van der Waals surface area contributed by atoms with Gasteiger partial charge in [-0.2, -0.15) is 0 Å². The molecule has 4 nitrogen and oxygen atoms in total. The molecule has 27 heavy (non-hydrogen) atoms. The average molecular weight is 383 g/mol. The fourth-order valence-corrected chi connectivity index (χ4v) is 3.82. The molecule has 6 heteroatoms. The molecule has 0 saturated carbocycles. The van der Waals surface area contributed by atoms with Crippen molar-refractivity contribution in [3.63, 3.8) is 0 Å². The Morgan fingerprint density at radius 3 is 2.41 bits per heavy atom. The minimum Gasteiger partial charge on any atom is -0.284 e. The summed E-state index contributed by atoms with van der Waals surface area (Å²) in [6.07, 6.45) is 3.68. The largest absolute Gasteiger partial charge is 0.284 e. The normalized spacial score (nSPS) is 15.2. The van der Waals surface area contributed by atoms with Crippen molar-refractivity contribution < 1.29 is 4.39 Å². The zero-order valence-corrected chi connectivity index (χ0v) is 16.3. The standard InChI is InChI=1S/C21H23FN4S/c1-16-9-11-17(12-10-16)26-20(18-7-3-4-8-19(18)22)23-25(21(26)27)15-24-13-5-2-6-14-24/h3-4,7-12H,2,5-6,13-15H2,1H3. The number of rotatable bonds is 4. The van der Waals surface area contributed by atoms with Crippen molar-refractivity contribution in [2.45, 2.75) is 32.9 Å². The van der Waals surface area contributed by atoms with E-state index in [1.54, 1.807) is 12.1 Å². The van der Waals surface area contributed by atoms with Crippen LogP contribution < -0.4 is 0 Å². The quantitative estimate of drug-likeness (QED) is 0.597. The highest BCUT2D eigenvalue weighted by Gasteiger charge is 2.19.